The molecule has 0 spiro atoms. The molecule has 32 heavy (non-hydrogen) atoms. The van der Waals surface area contributed by atoms with Gasteiger partial charge in [-0.2, -0.15) is 0 Å². The molecular weight excluding hydrogens is 449 g/mol. The van der Waals surface area contributed by atoms with Gasteiger partial charge in [-0.25, -0.2) is 4.79 Å². The molecule has 6 nitrogen and oxygen atoms in total. The predicted octanol–water partition coefficient (Wildman–Crippen LogP) is 5.76. The molecule has 2 heterocycles. The van der Waals surface area contributed by atoms with E-state index in [0.717, 1.165) is 32.1 Å². The highest BCUT2D eigenvalue weighted by atomic mass is 35.5. The first-order chi connectivity index (χ1) is 15.4. The summed E-state index contributed by atoms with van der Waals surface area (Å²) in [5.74, 6) is -0.270. The second-order valence-corrected chi connectivity index (χ2v) is 9.77. The fourth-order valence-corrected chi connectivity index (χ4v) is 5.72. The summed E-state index contributed by atoms with van der Waals surface area (Å²) in [6.45, 7) is 1.86. The maximum atomic E-state index is 13.7. The van der Waals surface area contributed by atoms with E-state index in [1.807, 2.05) is 13.0 Å². The van der Waals surface area contributed by atoms with Gasteiger partial charge < -0.3 is 15.4 Å². The molecule has 1 saturated heterocycles. The number of rotatable bonds is 3. The van der Waals surface area contributed by atoms with Crippen molar-refractivity contribution in [3.05, 3.63) is 58.1 Å². The third-order valence-corrected chi connectivity index (χ3v) is 7.33. The van der Waals surface area contributed by atoms with Gasteiger partial charge in [-0.15, -0.1) is 0 Å². The van der Waals surface area contributed by atoms with Crippen LogP contribution in [0.1, 0.15) is 50.6 Å². The number of carbonyl (C=O) groups excluding carboxylic acids is 2. The molecule has 1 aliphatic carbocycles. The number of carbonyl (C=O) groups is 2. The van der Waals surface area contributed by atoms with Gasteiger partial charge in [0.2, 0.25) is 5.91 Å². The normalized spacial score (nSPS) is 27.2. The Morgan fingerprint density at radius 3 is 2.50 bits per heavy atom. The van der Waals surface area contributed by atoms with Gasteiger partial charge in [0.05, 0.1) is 6.04 Å². The third-order valence-electron chi connectivity index (χ3n) is 6.84. The molecule has 168 valence electrons. The number of fused-ring (bicyclic) bond motifs is 4. The molecule has 2 N–H and O–H groups in total. The molecule has 2 aliphatic heterocycles. The summed E-state index contributed by atoms with van der Waals surface area (Å²) in [5.41, 5.74) is 0.211. The molecule has 8 heteroatoms. The molecule has 3 aliphatic rings. The van der Waals surface area contributed by atoms with Crippen molar-refractivity contribution >= 4 is 40.8 Å². The number of hydrogen-bond acceptors (Lipinski definition) is 3. The number of nitrogens with one attached hydrogen (secondary N) is 2. The number of amides is 3. The molecule has 2 bridgehead atoms. The van der Waals surface area contributed by atoms with Gasteiger partial charge in [0.15, 0.2) is 5.72 Å². The lowest BCUT2D eigenvalue weighted by Crippen LogP contribution is -2.73. The van der Waals surface area contributed by atoms with Crippen molar-refractivity contribution < 1.29 is 14.3 Å². The Labute approximate surface area is 197 Å². The van der Waals surface area contributed by atoms with E-state index in [1.54, 1.807) is 41.3 Å². The summed E-state index contributed by atoms with van der Waals surface area (Å²) < 4.78 is 6.50. The van der Waals surface area contributed by atoms with Gasteiger partial charge in [0.25, 0.3) is 0 Å². The summed E-state index contributed by atoms with van der Waals surface area (Å²) >= 11 is 12.2. The lowest BCUT2D eigenvalue weighted by Gasteiger charge is -2.57. The van der Waals surface area contributed by atoms with Gasteiger partial charge in [-0.05, 0) is 62.2 Å². The van der Waals surface area contributed by atoms with Crippen molar-refractivity contribution in [1.29, 1.82) is 0 Å². The van der Waals surface area contributed by atoms with Crippen LogP contribution in [0.3, 0.4) is 0 Å². The van der Waals surface area contributed by atoms with Crippen molar-refractivity contribution in [3.63, 3.8) is 0 Å². The number of urea groups is 1. The molecule has 5 rings (SSSR count). The molecule has 3 unspecified atom stereocenters. The fourth-order valence-electron chi connectivity index (χ4n) is 5.41. The Morgan fingerprint density at radius 2 is 1.78 bits per heavy atom. The number of nitrogens with zero attached hydrogens (tertiary/aromatic N) is 1. The Kier molecular flexibility index (Phi) is 5.46. The first kappa shape index (κ1) is 21.4. The highest BCUT2D eigenvalue weighted by Gasteiger charge is 2.61. The lowest BCUT2D eigenvalue weighted by atomic mass is 9.77. The Hall–Kier alpha value is -2.44. The summed E-state index contributed by atoms with van der Waals surface area (Å²) in [4.78, 5) is 28.8. The average molecular weight is 474 g/mol. The molecule has 0 radical (unpaired) electrons. The number of hydrogen-bond donors (Lipinski definition) is 2. The van der Waals surface area contributed by atoms with Gasteiger partial charge in [-0.1, -0.05) is 42.5 Å². The third kappa shape index (κ3) is 3.59. The fraction of sp³-hybridized carbons (Fsp3) is 0.417. The minimum atomic E-state index is -1.13. The standard InChI is InChI=1S/C24H25Cl2N3O3/c1-24-20(22(30)27-16-10-7-14(25)8-11-16)21(18-13-15(26)9-12-19(18)32-24)28-23(31)29(24)17-5-3-2-4-6-17/h7-13,17,20-21H,2-6H2,1H3,(H,27,30)(H,28,31). The summed E-state index contributed by atoms with van der Waals surface area (Å²) in [7, 11) is 0. The maximum Gasteiger partial charge on any atom is 0.321 e. The zero-order chi connectivity index (χ0) is 22.5. The summed E-state index contributed by atoms with van der Waals surface area (Å²) in [6, 6.07) is 11.6. The average Bonchev–Trinajstić information content (AvgIpc) is 2.76. The predicted molar refractivity (Wildman–Crippen MR) is 124 cm³/mol. The lowest BCUT2D eigenvalue weighted by molar-refractivity contribution is -0.162. The first-order valence-corrected chi connectivity index (χ1v) is 11.8. The van der Waals surface area contributed by atoms with Crippen LogP contribution >= 0.6 is 23.2 Å². The minimum absolute atomic E-state index is 0.0226. The summed E-state index contributed by atoms with van der Waals surface area (Å²) in [6.07, 6.45) is 5.07. The van der Waals surface area contributed by atoms with Crippen molar-refractivity contribution in [2.45, 2.75) is 56.8 Å². The minimum Gasteiger partial charge on any atom is -0.467 e. The highest BCUT2D eigenvalue weighted by Crippen LogP contribution is 2.50. The Bertz CT molecular complexity index is 1050. The molecule has 2 aromatic rings. The Morgan fingerprint density at radius 1 is 1.09 bits per heavy atom. The maximum absolute atomic E-state index is 13.7. The molecule has 3 amide bonds. The van der Waals surface area contributed by atoms with Crippen LogP contribution in [0.15, 0.2) is 42.5 Å². The van der Waals surface area contributed by atoms with E-state index < -0.39 is 17.7 Å². The van der Waals surface area contributed by atoms with Crippen LogP contribution in [0, 0.1) is 5.92 Å². The first-order valence-electron chi connectivity index (χ1n) is 11.0. The van der Waals surface area contributed by atoms with E-state index in [1.165, 1.54) is 0 Å². The van der Waals surface area contributed by atoms with E-state index in [9.17, 15) is 9.59 Å². The molecule has 2 aromatic carbocycles. The Balaban J connectivity index is 1.57. The van der Waals surface area contributed by atoms with Crippen LogP contribution < -0.4 is 15.4 Å². The second kappa shape index (κ2) is 8.16. The van der Waals surface area contributed by atoms with Crippen molar-refractivity contribution in [1.82, 2.24) is 10.2 Å². The van der Waals surface area contributed by atoms with E-state index in [-0.39, 0.29) is 18.0 Å². The van der Waals surface area contributed by atoms with Gasteiger partial charge in [-0.3, -0.25) is 9.69 Å². The number of ether oxygens (including phenoxy) is 1. The largest absolute Gasteiger partial charge is 0.467 e. The van der Waals surface area contributed by atoms with E-state index in [0.29, 0.717) is 27.0 Å². The van der Waals surface area contributed by atoms with Crippen molar-refractivity contribution in [3.8, 4) is 5.75 Å². The zero-order valence-electron chi connectivity index (χ0n) is 17.7. The highest BCUT2D eigenvalue weighted by molar-refractivity contribution is 6.31. The molecule has 0 aromatic heterocycles. The quantitative estimate of drug-likeness (QED) is 0.595. The second-order valence-electron chi connectivity index (χ2n) is 8.90. The van der Waals surface area contributed by atoms with Gasteiger partial charge in [0.1, 0.15) is 11.7 Å². The zero-order valence-corrected chi connectivity index (χ0v) is 19.2. The van der Waals surface area contributed by atoms with E-state index >= 15 is 0 Å². The summed E-state index contributed by atoms with van der Waals surface area (Å²) in [5, 5.41) is 7.20. The van der Waals surface area contributed by atoms with Gasteiger partial charge in [0, 0.05) is 27.3 Å². The van der Waals surface area contributed by atoms with Crippen LogP contribution in [-0.4, -0.2) is 28.6 Å². The van der Waals surface area contributed by atoms with Crippen LogP contribution in [0.4, 0.5) is 10.5 Å². The SMILES string of the molecule is CC12Oc3ccc(Cl)cc3C(NC(=O)N1C1CCCCC1)C2C(=O)Nc1ccc(Cl)cc1. The number of anilines is 1. The number of benzene rings is 2. The monoisotopic (exact) mass is 473 g/mol. The van der Waals surface area contributed by atoms with Crippen LogP contribution in [0.2, 0.25) is 10.0 Å². The van der Waals surface area contributed by atoms with Crippen LogP contribution in [0.25, 0.3) is 0 Å². The van der Waals surface area contributed by atoms with E-state index in [4.69, 9.17) is 27.9 Å². The van der Waals surface area contributed by atoms with Crippen LogP contribution in [-0.2, 0) is 4.79 Å². The van der Waals surface area contributed by atoms with Crippen molar-refractivity contribution in [2.75, 3.05) is 5.32 Å². The van der Waals surface area contributed by atoms with Crippen molar-refractivity contribution in [2.24, 2.45) is 5.92 Å². The molecule has 2 fully saturated rings. The molecule has 1 saturated carbocycles. The molecular formula is C24H25Cl2N3O3. The van der Waals surface area contributed by atoms with E-state index in [2.05, 4.69) is 10.6 Å². The molecule has 3 atom stereocenters. The van der Waals surface area contributed by atoms with Gasteiger partial charge >= 0.3 is 6.03 Å². The smallest absolute Gasteiger partial charge is 0.321 e. The van der Waals surface area contributed by atoms with Crippen LogP contribution in [0.5, 0.6) is 5.75 Å². The number of halogens is 2. The topological polar surface area (TPSA) is 70.7 Å².